The van der Waals surface area contributed by atoms with Gasteiger partial charge in [0.15, 0.2) is 9.84 Å². The van der Waals surface area contributed by atoms with Crippen LogP contribution in [0.5, 0.6) is 0 Å². The first-order valence-corrected chi connectivity index (χ1v) is 7.64. The Labute approximate surface area is 146 Å². The minimum Gasteiger partial charge on any atom is -0.565 e. The van der Waals surface area contributed by atoms with Crippen LogP contribution in [0.3, 0.4) is 0 Å². The maximum absolute atomic E-state index is 11.3. The number of nitrogens with one attached hydrogen (secondary N) is 1. The molecule has 0 aliphatic carbocycles. The molecule has 1 aromatic rings. The number of hydrogen-bond acceptors (Lipinski definition) is 5. The first-order chi connectivity index (χ1) is 8.50. The van der Waals surface area contributed by atoms with Gasteiger partial charge in [0.1, 0.15) is 0 Å². The molecule has 111 valence electrons. The van der Waals surface area contributed by atoms with Gasteiger partial charge in [0.05, 0.1) is 4.90 Å². The molecule has 1 saturated heterocycles. The molecule has 0 spiro atoms. The van der Waals surface area contributed by atoms with Crippen LogP contribution in [0.4, 0.5) is 5.69 Å². The van der Waals surface area contributed by atoms with Crippen LogP contribution in [0.2, 0.25) is 0 Å². The molecule has 1 aliphatic heterocycles. The SMILES string of the molecule is CS(=O)(=O)c1ccc(N2CC(NC[CH-]O)C2)cc1.[CH3-].[Y]. The molecule has 0 atom stereocenters. The molecule has 1 heterocycles. The van der Waals surface area contributed by atoms with Gasteiger partial charge in [0.25, 0.3) is 0 Å². The molecule has 1 aromatic carbocycles. The molecule has 2 N–H and O–H groups in total. The number of rotatable bonds is 5. The molecule has 1 fully saturated rings. The Hall–Kier alpha value is -0.00610. The zero-order valence-corrected chi connectivity index (χ0v) is 15.4. The van der Waals surface area contributed by atoms with Crippen LogP contribution in [0, 0.1) is 14.0 Å². The van der Waals surface area contributed by atoms with Crippen molar-refractivity contribution >= 4 is 15.5 Å². The topological polar surface area (TPSA) is 69.6 Å². The van der Waals surface area contributed by atoms with Gasteiger partial charge in [-0.15, -0.1) is 6.54 Å². The van der Waals surface area contributed by atoms with E-state index in [9.17, 15) is 8.42 Å². The smallest absolute Gasteiger partial charge is 0.175 e. The number of sulfone groups is 1. The van der Waals surface area contributed by atoms with Crippen molar-refractivity contribution in [2.24, 2.45) is 0 Å². The van der Waals surface area contributed by atoms with Crippen molar-refractivity contribution in [3.05, 3.63) is 38.3 Å². The van der Waals surface area contributed by atoms with Crippen molar-refractivity contribution in [1.82, 2.24) is 5.32 Å². The monoisotopic (exact) mass is 373 g/mol. The first-order valence-electron chi connectivity index (χ1n) is 5.75. The van der Waals surface area contributed by atoms with Crippen LogP contribution in [0.1, 0.15) is 0 Å². The Morgan fingerprint density at radius 3 is 2.35 bits per heavy atom. The summed E-state index contributed by atoms with van der Waals surface area (Å²) in [5.74, 6) is 0. The molecule has 0 aromatic heterocycles. The molecular weight excluding hydrogens is 353 g/mol. The van der Waals surface area contributed by atoms with Crippen molar-refractivity contribution in [3.8, 4) is 0 Å². The van der Waals surface area contributed by atoms with Crippen molar-refractivity contribution in [3.63, 3.8) is 0 Å². The van der Waals surface area contributed by atoms with Crippen molar-refractivity contribution in [2.75, 3.05) is 30.8 Å². The zero-order chi connectivity index (χ0) is 13.2. The third-order valence-corrected chi connectivity index (χ3v) is 4.14. The van der Waals surface area contributed by atoms with E-state index in [2.05, 4.69) is 10.2 Å². The van der Waals surface area contributed by atoms with Crippen LogP contribution in [0.25, 0.3) is 0 Å². The van der Waals surface area contributed by atoms with Crippen LogP contribution in [-0.2, 0) is 42.5 Å². The minimum atomic E-state index is -3.12. The molecule has 20 heavy (non-hydrogen) atoms. The minimum absolute atomic E-state index is 0. The van der Waals surface area contributed by atoms with Crippen LogP contribution < -0.4 is 10.2 Å². The third kappa shape index (κ3) is 5.08. The fourth-order valence-electron chi connectivity index (χ4n) is 1.94. The van der Waals surface area contributed by atoms with Crippen molar-refractivity contribution < 1.29 is 46.2 Å². The molecule has 0 unspecified atom stereocenters. The Balaban J connectivity index is 0.00000180. The average molecular weight is 373 g/mol. The molecule has 5 nitrogen and oxygen atoms in total. The van der Waals surface area contributed by atoms with Crippen molar-refractivity contribution in [2.45, 2.75) is 10.9 Å². The third-order valence-electron chi connectivity index (χ3n) is 3.01. The summed E-state index contributed by atoms with van der Waals surface area (Å²) < 4.78 is 22.6. The van der Waals surface area contributed by atoms with Gasteiger partial charge in [-0.05, 0) is 24.3 Å². The molecule has 0 bridgehead atoms. The summed E-state index contributed by atoms with van der Waals surface area (Å²) in [6.45, 7) is 3.33. The fraction of sp³-hybridized carbons (Fsp3) is 0.385. The van der Waals surface area contributed by atoms with E-state index >= 15 is 0 Å². The van der Waals surface area contributed by atoms with Crippen LogP contribution >= 0.6 is 0 Å². The standard InChI is InChI=1S/C12H17N2O3S.CH3.Y/c1-18(16,17)12-4-2-11(3-5-12)14-8-10(9-14)13-6-7-15;;/h2-5,7,10,13,15H,6,8-9H2,1H3;1H3;/q2*-1;. The number of hydrogen-bond donors (Lipinski definition) is 2. The van der Waals surface area contributed by atoms with Gasteiger partial charge in [0, 0.05) is 63.8 Å². The van der Waals surface area contributed by atoms with Gasteiger partial charge in [-0.1, -0.05) is 0 Å². The summed E-state index contributed by atoms with van der Waals surface area (Å²) in [6.07, 6.45) is 1.21. The van der Waals surface area contributed by atoms with E-state index in [0.717, 1.165) is 25.4 Å². The van der Waals surface area contributed by atoms with Gasteiger partial charge in [-0.3, -0.25) is 0 Å². The van der Waals surface area contributed by atoms with Gasteiger partial charge in [-0.25, -0.2) is 15.0 Å². The maximum atomic E-state index is 11.3. The predicted molar refractivity (Wildman–Crippen MR) is 76.2 cm³/mol. The summed E-state index contributed by atoms with van der Waals surface area (Å²) in [5, 5.41) is 11.7. The summed E-state index contributed by atoms with van der Waals surface area (Å²) in [6, 6.07) is 7.29. The summed E-state index contributed by atoms with van der Waals surface area (Å²) in [4.78, 5) is 2.50. The van der Waals surface area contributed by atoms with E-state index in [1.807, 2.05) is 12.1 Å². The maximum Gasteiger partial charge on any atom is 0.175 e. The molecule has 0 saturated carbocycles. The summed E-state index contributed by atoms with van der Waals surface area (Å²) >= 11 is 0. The summed E-state index contributed by atoms with van der Waals surface area (Å²) in [7, 11) is -3.12. The van der Waals surface area contributed by atoms with E-state index in [4.69, 9.17) is 5.11 Å². The zero-order valence-electron chi connectivity index (χ0n) is 11.8. The molecule has 7 heteroatoms. The average Bonchev–Trinajstić information content (AvgIpc) is 2.26. The second-order valence-corrected chi connectivity index (χ2v) is 6.47. The van der Waals surface area contributed by atoms with E-state index < -0.39 is 9.84 Å². The Bertz CT molecular complexity index is 499. The van der Waals surface area contributed by atoms with Gasteiger partial charge in [-0.2, -0.15) is 0 Å². The first kappa shape index (κ1) is 20.0. The van der Waals surface area contributed by atoms with E-state index in [0.29, 0.717) is 17.5 Å². The van der Waals surface area contributed by atoms with Crippen LogP contribution in [-0.4, -0.2) is 45.5 Å². The van der Waals surface area contributed by atoms with E-state index in [-0.39, 0.29) is 40.1 Å². The number of nitrogens with zero attached hydrogens (tertiary/aromatic N) is 1. The van der Waals surface area contributed by atoms with Gasteiger partial charge in [0.2, 0.25) is 0 Å². The quantitative estimate of drug-likeness (QED) is 0.749. The second-order valence-electron chi connectivity index (χ2n) is 4.46. The molecule has 1 radical (unpaired) electrons. The van der Waals surface area contributed by atoms with Gasteiger partial charge >= 0.3 is 0 Å². The van der Waals surface area contributed by atoms with Crippen molar-refractivity contribution in [1.29, 1.82) is 0 Å². The molecule has 1 aliphatic rings. The molecule has 0 amide bonds. The predicted octanol–water partition coefficient (Wildman–Crippen LogP) is 0.850. The number of aliphatic hydroxyl groups excluding tert-OH is 1. The number of anilines is 1. The molecule has 2 rings (SSSR count). The van der Waals surface area contributed by atoms with Crippen LogP contribution in [0.15, 0.2) is 29.2 Å². The fourth-order valence-corrected chi connectivity index (χ4v) is 2.57. The molecular formula is C13H20N2O3SY-2. The Morgan fingerprint density at radius 1 is 1.35 bits per heavy atom. The largest absolute Gasteiger partial charge is 0.565 e. The van der Waals surface area contributed by atoms with Gasteiger partial charge < -0.3 is 22.7 Å². The van der Waals surface area contributed by atoms with E-state index in [1.54, 1.807) is 12.1 Å². The Kier molecular flexibility index (Phi) is 8.44. The normalized spacial score (nSPS) is 15.0. The van der Waals surface area contributed by atoms with E-state index in [1.165, 1.54) is 6.26 Å². The number of aliphatic hydroxyl groups is 1. The summed E-state index contributed by atoms with van der Waals surface area (Å²) in [5.41, 5.74) is 1.02. The second kappa shape index (κ2) is 8.44. The number of benzene rings is 1. The Morgan fingerprint density at radius 2 is 1.90 bits per heavy atom.